The van der Waals surface area contributed by atoms with Gasteiger partial charge in [-0.2, -0.15) is 5.10 Å². The molecule has 0 saturated carbocycles. The van der Waals surface area contributed by atoms with E-state index in [-0.39, 0.29) is 24.9 Å². The van der Waals surface area contributed by atoms with Gasteiger partial charge in [0.15, 0.2) is 5.96 Å². The highest BCUT2D eigenvalue weighted by atomic mass is 32.2. The van der Waals surface area contributed by atoms with E-state index in [9.17, 15) is 9.59 Å². The van der Waals surface area contributed by atoms with E-state index in [1.807, 2.05) is 36.3 Å². The van der Waals surface area contributed by atoms with Crippen LogP contribution in [0.4, 0.5) is 5.69 Å². The Hall–Kier alpha value is -3.01. The second-order valence-electron chi connectivity index (χ2n) is 7.36. The first kappa shape index (κ1) is 22.7. The molecule has 1 aromatic heterocycles. The molecule has 2 amide bonds. The number of piperazine rings is 1. The number of thioether (sulfide) groups is 1. The van der Waals surface area contributed by atoms with Crippen LogP contribution in [0.2, 0.25) is 0 Å². The topological polar surface area (TPSA) is 86.1 Å². The van der Waals surface area contributed by atoms with E-state index in [4.69, 9.17) is 0 Å². The van der Waals surface area contributed by atoms with E-state index >= 15 is 0 Å². The van der Waals surface area contributed by atoms with Crippen LogP contribution in [0.25, 0.3) is 0 Å². The highest BCUT2D eigenvalue weighted by Gasteiger charge is 2.28. The van der Waals surface area contributed by atoms with E-state index in [1.165, 1.54) is 9.80 Å². The summed E-state index contributed by atoms with van der Waals surface area (Å²) in [7, 11) is 5.24. The van der Waals surface area contributed by atoms with Crippen molar-refractivity contribution in [2.24, 2.45) is 12.0 Å². The van der Waals surface area contributed by atoms with Crippen LogP contribution in [0.1, 0.15) is 0 Å². The number of hydrogen-bond acceptors (Lipinski definition) is 5. The minimum Gasteiger partial charge on any atom is -0.355 e. The first-order chi connectivity index (χ1) is 14.9. The number of likely N-dealkylation sites (N-methyl/N-ethyl adjacent to an activating group) is 1. The highest BCUT2D eigenvalue weighted by molar-refractivity contribution is 7.99. The second kappa shape index (κ2) is 10.9. The van der Waals surface area contributed by atoms with Crippen molar-refractivity contribution in [1.82, 2.24) is 24.9 Å². The largest absolute Gasteiger partial charge is 0.355 e. The molecule has 0 radical (unpaired) electrons. The number of nitrogens with zero attached hydrogens (tertiary/aromatic N) is 6. The molecule has 1 aliphatic heterocycles. The van der Waals surface area contributed by atoms with E-state index < -0.39 is 0 Å². The van der Waals surface area contributed by atoms with E-state index in [2.05, 4.69) is 27.5 Å². The van der Waals surface area contributed by atoms with Crippen molar-refractivity contribution in [3.05, 3.63) is 42.7 Å². The van der Waals surface area contributed by atoms with Crippen LogP contribution in [0.3, 0.4) is 0 Å². The SMILES string of the molecule is CN(C)C(=O)CN=C(NCCSc1ccccc1)N1CCN(c2cnn(C)c2)C(=O)C1. The van der Waals surface area contributed by atoms with Gasteiger partial charge in [0, 0.05) is 57.6 Å². The molecule has 0 atom stereocenters. The second-order valence-corrected chi connectivity index (χ2v) is 8.52. The number of anilines is 1. The molecular formula is C21H29N7O2S. The Kier molecular flexibility index (Phi) is 7.94. The van der Waals surface area contributed by atoms with Gasteiger partial charge in [-0.15, -0.1) is 11.8 Å². The average molecular weight is 444 g/mol. The smallest absolute Gasteiger partial charge is 0.246 e. The molecule has 9 nitrogen and oxygen atoms in total. The van der Waals surface area contributed by atoms with Gasteiger partial charge in [0.2, 0.25) is 11.8 Å². The Labute approximate surface area is 187 Å². The van der Waals surface area contributed by atoms with Crippen LogP contribution in [0, 0.1) is 0 Å². The number of carbonyl (C=O) groups excluding carboxylic acids is 2. The lowest BCUT2D eigenvalue weighted by molar-refractivity contribution is -0.127. The van der Waals surface area contributed by atoms with Crippen LogP contribution >= 0.6 is 11.8 Å². The summed E-state index contributed by atoms with van der Waals surface area (Å²) in [4.78, 5) is 35.6. The van der Waals surface area contributed by atoms with Crippen LogP contribution in [-0.2, 0) is 16.6 Å². The fraction of sp³-hybridized carbons (Fsp3) is 0.429. The maximum absolute atomic E-state index is 12.8. The van der Waals surface area contributed by atoms with Crippen LogP contribution in [0.15, 0.2) is 52.6 Å². The summed E-state index contributed by atoms with van der Waals surface area (Å²) in [5, 5.41) is 7.48. The molecule has 31 heavy (non-hydrogen) atoms. The fourth-order valence-corrected chi connectivity index (χ4v) is 3.86. The summed E-state index contributed by atoms with van der Waals surface area (Å²) >= 11 is 1.74. The molecule has 1 fully saturated rings. The van der Waals surface area contributed by atoms with E-state index in [0.29, 0.717) is 25.6 Å². The van der Waals surface area contributed by atoms with Crippen molar-refractivity contribution >= 4 is 35.2 Å². The minimum atomic E-state index is -0.0849. The lowest BCUT2D eigenvalue weighted by Gasteiger charge is -2.35. The van der Waals surface area contributed by atoms with Gasteiger partial charge in [0.05, 0.1) is 11.9 Å². The fourth-order valence-electron chi connectivity index (χ4n) is 3.07. The van der Waals surface area contributed by atoms with E-state index in [1.54, 1.807) is 41.6 Å². The zero-order valence-electron chi connectivity index (χ0n) is 18.2. The number of aromatic nitrogens is 2. The summed E-state index contributed by atoms with van der Waals surface area (Å²) in [6, 6.07) is 10.2. The predicted molar refractivity (Wildman–Crippen MR) is 123 cm³/mol. The quantitative estimate of drug-likeness (QED) is 0.296. The first-order valence-corrected chi connectivity index (χ1v) is 11.1. The molecule has 0 aliphatic carbocycles. The Bertz CT molecular complexity index is 913. The third kappa shape index (κ3) is 6.48. The maximum atomic E-state index is 12.8. The predicted octanol–water partition coefficient (Wildman–Crippen LogP) is 0.895. The molecule has 1 saturated heterocycles. The monoisotopic (exact) mass is 443 g/mol. The van der Waals surface area contributed by atoms with Crippen molar-refractivity contribution in [2.75, 3.05) is 57.5 Å². The van der Waals surface area contributed by atoms with Crippen LogP contribution in [-0.4, -0.2) is 89.9 Å². The number of nitrogens with one attached hydrogen (secondary N) is 1. The minimum absolute atomic E-state index is 0.0219. The van der Waals surface area contributed by atoms with Gasteiger partial charge in [0.25, 0.3) is 0 Å². The Morgan fingerprint density at radius 2 is 2.03 bits per heavy atom. The Morgan fingerprint density at radius 3 is 2.68 bits per heavy atom. The molecule has 2 heterocycles. The Balaban J connectivity index is 1.61. The molecule has 166 valence electrons. The molecule has 0 bridgehead atoms. The molecule has 10 heteroatoms. The number of benzene rings is 1. The summed E-state index contributed by atoms with van der Waals surface area (Å²) in [6.07, 6.45) is 3.52. The van der Waals surface area contributed by atoms with Crippen molar-refractivity contribution in [3.8, 4) is 0 Å². The molecule has 1 aliphatic rings. The third-order valence-corrected chi connectivity index (χ3v) is 5.80. The first-order valence-electron chi connectivity index (χ1n) is 10.1. The lowest BCUT2D eigenvalue weighted by atomic mass is 10.3. The summed E-state index contributed by atoms with van der Waals surface area (Å²) in [6.45, 7) is 2.06. The molecule has 0 unspecified atom stereocenters. The number of aryl methyl sites for hydroxylation is 1. The molecule has 1 N–H and O–H groups in total. The zero-order chi connectivity index (χ0) is 22.2. The standard InChI is InChI=1S/C21H29N7O2S/c1-25(2)19(29)14-23-21(22-9-12-31-18-7-5-4-6-8-18)27-10-11-28(20(30)16-27)17-13-24-26(3)15-17/h4-8,13,15H,9-12,14,16H2,1-3H3,(H,22,23). The number of rotatable bonds is 7. The van der Waals surface area contributed by atoms with Crippen molar-refractivity contribution in [2.45, 2.75) is 4.90 Å². The molecule has 0 spiro atoms. The van der Waals surface area contributed by atoms with Crippen molar-refractivity contribution < 1.29 is 9.59 Å². The zero-order valence-corrected chi connectivity index (χ0v) is 19.0. The molecule has 1 aromatic carbocycles. The Morgan fingerprint density at radius 1 is 1.26 bits per heavy atom. The molecule has 3 rings (SSSR count). The molecule has 2 aromatic rings. The normalized spacial score (nSPS) is 14.7. The number of hydrogen-bond donors (Lipinski definition) is 1. The summed E-state index contributed by atoms with van der Waals surface area (Å²) in [5.74, 6) is 1.32. The summed E-state index contributed by atoms with van der Waals surface area (Å²) < 4.78 is 1.68. The van der Waals surface area contributed by atoms with Crippen molar-refractivity contribution in [1.29, 1.82) is 0 Å². The van der Waals surface area contributed by atoms with Crippen LogP contribution in [0.5, 0.6) is 0 Å². The van der Waals surface area contributed by atoms with Gasteiger partial charge >= 0.3 is 0 Å². The maximum Gasteiger partial charge on any atom is 0.246 e. The van der Waals surface area contributed by atoms with Crippen molar-refractivity contribution in [3.63, 3.8) is 0 Å². The number of amides is 2. The van der Waals surface area contributed by atoms with Gasteiger partial charge in [0.1, 0.15) is 13.1 Å². The molecular weight excluding hydrogens is 414 g/mol. The lowest BCUT2D eigenvalue weighted by Crippen LogP contribution is -2.55. The third-order valence-electron chi connectivity index (χ3n) is 4.78. The van der Waals surface area contributed by atoms with E-state index in [0.717, 1.165) is 11.4 Å². The number of aliphatic imine (C=N–C) groups is 1. The number of guanidine groups is 1. The van der Waals surface area contributed by atoms with Gasteiger partial charge in [-0.3, -0.25) is 14.3 Å². The van der Waals surface area contributed by atoms with Gasteiger partial charge in [-0.05, 0) is 12.1 Å². The number of carbonyl (C=O) groups is 2. The summed E-state index contributed by atoms with van der Waals surface area (Å²) in [5.41, 5.74) is 0.792. The van der Waals surface area contributed by atoms with Crippen LogP contribution < -0.4 is 10.2 Å². The van der Waals surface area contributed by atoms with Gasteiger partial charge in [-0.1, -0.05) is 18.2 Å². The van der Waals surface area contributed by atoms with Gasteiger partial charge in [-0.25, -0.2) is 4.99 Å². The van der Waals surface area contributed by atoms with Gasteiger partial charge < -0.3 is 20.0 Å². The average Bonchev–Trinajstić information content (AvgIpc) is 3.19. The highest BCUT2D eigenvalue weighted by Crippen LogP contribution is 2.17.